The van der Waals surface area contributed by atoms with Gasteiger partial charge in [0.25, 0.3) is 0 Å². The lowest BCUT2D eigenvalue weighted by Gasteiger charge is -2.06. The number of hydrogen-bond acceptors (Lipinski definition) is 5. The summed E-state index contributed by atoms with van der Waals surface area (Å²) in [4.78, 5) is 12.8. The van der Waals surface area contributed by atoms with E-state index in [0.29, 0.717) is 22.6 Å². The van der Waals surface area contributed by atoms with Crippen LogP contribution in [0.5, 0.6) is 0 Å². The minimum absolute atomic E-state index is 0. The van der Waals surface area contributed by atoms with Crippen molar-refractivity contribution >= 4 is 58.2 Å². The molecule has 0 radical (unpaired) electrons. The number of thioether (sulfide) groups is 1. The zero-order chi connectivity index (χ0) is 13.7. The van der Waals surface area contributed by atoms with Crippen LogP contribution in [0.1, 0.15) is 5.82 Å². The lowest BCUT2D eigenvalue weighted by molar-refractivity contribution is 1.05. The monoisotopic (exact) mass is 401 g/mol. The Kier molecular flexibility index (Phi) is 6.73. The predicted molar refractivity (Wildman–Crippen MR) is 96.7 cm³/mol. The van der Waals surface area contributed by atoms with Crippen molar-refractivity contribution in [1.29, 1.82) is 0 Å². The molecule has 2 rings (SSSR count). The van der Waals surface area contributed by atoms with E-state index in [1.54, 1.807) is 6.07 Å². The summed E-state index contributed by atoms with van der Waals surface area (Å²) < 4.78 is 0. The second kappa shape index (κ2) is 8.05. The number of halogens is 1. The molecule has 0 unspecified atom stereocenters. The third kappa shape index (κ3) is 4.97. The molecule has 106 valence electrons. The van der Waals surface area contributed by atoms with Crippen LogP contribution in [0.25, 0.3) is 0 Å². The number of aliphatic imine (C=N–C) groups is 1. The molecular formula is C13H16IN5S. The molecule has 3 N–H and O–H groups in total. The molecule has 2 aromatic rings. The zero-order valence-corrected chi connectivity index (χ0v) is 14.3. The lowest BCUT2D eigenvalue weighted by atomic mass is 10.3. The molecule has 0 aliphatic carbocycles. The van der Waals surface area contributed by atoms with Crippen LogP contribution < -0.4 is 11.1 Å². The fourth-order valence-corrected chi connectivity index (χ4v) is 1.69. The molecule has 0 fully saturated rings. The van der Waals surface area contributed by atoms with Crippen LogP contribution in [0.2, 0.25) is 0 Å². The van der Waals surface area contributed by atoms with Gasteiger partial charge in [-0.3, -0.25) is 0 Å². The van der Waals surface area contributed by atoms with Crippen molar-refractivity contribution in [2.24, 2.45) is 10.7 Å². The van der Waals surface area contributed by atoms with Gasteiger partial charge >= 0.3 is 0 Å². The van der Waals surface area contributed by atoms with Crippen LogP contribution in [0.3, 0.4) is 0 Å². The van der Waals surface area contributed by atoms with E-state index in [-0.39, 0.29) is 24.0 Å². The summed E-state index contributed by atoms with van der Waals surface area (Å²) in [6.07, 6.45) is 1.87. The van der Waals surface area contributed by atoms with Crippen molar-refractivity contribution < 1.29 is 0 Å². The molecule has 1 heterocycles. The molecule has 5 nitrogen and oxygen atoms in total. The highest BCUT2D eigenvalue weighted by atomic mass is 127. The summed E-state index contributed by atoms with van der Waals surface area (Å²) in [5.74, 6) is 1.90. The number of para-hydroxylation sites is 1. The van der Waals surface area contributed by atoms with E-state index in [1.165, 1.54) is 11.8 Å². The van der Waals surface area contributed by atoms with Crippen LogP contribution >= 0.6 is 35.7 Å². The second-order valence-electron chi connectivity index (χ2n) is 3.80. The topological polar surface area (TPSA) is 76.2 Å². The Bertz CT molecular complexity index is 589. The van der Waals surface area contributed by atoms with Gasteiger partial charge in [0.15, 0.2) is 11.0 Å². The Morgan fingerprint density at radius 1 is 1.25 bits per heavy atom. The summed E-state index contributed by atoms with van der Waals surface area (Å²) in [6, 6.07) is 11.6. The number of benzene rings is 1. The van der Waals surface area contributed by atoms with E-state index in [4.69, 9.17) is 5.73 Å². The van der Waals surface area contributed by atoms with E-state index in [2.05, 4.69) is 20.3 Å². The average molecular weight is 401 g/mol. The van der Waals surface area contributed by atoms with Gasteiger partial charge in [0.2, 0.25) is 0 Å². The van der Waals surface area contributed by atoms with Gasteiger partial charge in [0.1, 0.15) is 11.6 Å². The Morgan fingerprint density at radius 3 is 2.60 bits per heavy atom. The standard InChI is InChI=1S/C13H15N5S.HI/c1-9-15-11(17-10-6-4-3-5-7-10)8-12(16-9)18-13(14)19-2;/h3-8H,1-2H3,(H3,14,15,16,17,18);1H. The summed E-state index contributed by atoms with van der Waals surface area (Å²) >= 11 is 1.38. The normalized spacial score (nSPS) is 10.8. The number of hydrogen-bond donors (Lipinski definition) is 2. The molecule has 0 aliphatic rings. The van der Waals surface area contributed by atoms with Gasteiger partial charge in [-0.25, -0.2) is 15.0 Å². The van der Waals surface area contributed by atoms with E-state index in [9.17, 15) is 0 Å². The Labute approximate surface area is 139 Å². The van der Waals surface area contributed by atoms with Crippen molar-refractivity contribution in [3.63, 3.8) is 0 Å². The molecule has 0 amide bonds. The van der Waals surface area contributed by atoms with Crippen molar-refractivity contribution in [2.75, 3.05) is 11.6 Å². The van der Waals surface area contributed by atoms with Gasteiger partial charge < -0.3 is 11.1 Å². The molecule has 0 bridgehead atoms. The average Bonchev–Trinajstić information content (AvgIpc) is 2.39. The van der Waals surface area contributed by atoms with Crippen molar-refractivity contribution in [3.05, 3.63) is 42.2 Å². The van der Waals surface area contributed by atoms with Gasteiger partial charge in [0, 0.05) is 11.8 Å². The number of aryl methyl sites for hydroxylation is 1. The number of nitrogens with one attached hydrogen (secondary N) is 1. The molecule has 0 saturated carbocycles. The van der Waals surface area contributed by atoms with Gasteiger partial charge in [-0.2, -0.15) is 0 Å². The number of amidine groups is 1. The molecule has 20 heavy (non-hydrogen) atoms. The molecular weight excluding hydrogens is 385 g/mol. The number of aromatic nitrogens is 2. The van der Waals surface area contributed by atoms with Crippen LogP contribution in [-0.4, -0.2) is 21.4 Å². The van der Waals surface area contributed by atoms with Crippen LogP contribution in [0.15, 0.2) is 41.4 Å². The van der Waals surface area contributed by atoms with Gasteiger partial charge in [-0.1, -0.05) is 30.0 Å². The lowest BCUT2D eigenvalue weighted by Crippen LogP contribution is -2.05. The number of rotatable bonds is 3. The first kappa shape index (κ1) is 16.7. The molecule has 1 aromatic heterocycles. The smallest absolute Gasteiger partial charge is 0.160 e. The quantitative estimate of drug-likeness (QED) is 0.468. The first-order valence-electron chi connectivity index (χ1n) is 5.73. The van der Waals surface area contributed by atoms with Crippen molar-refractivity contribution in [3.8, 4) is 0 Å². The SMILES string of the molecule is CSC(N)=Nc1cc(Nc2ccccc2)nc(C)n1.I. The maximum atomic E-state index is 5.69. The summed E-state index contributed by atoms with van der Waals surface area (Å²) in [7, 11) is 0. The zero-order valence-electron chi connectivity index (χ0n) is 11.2. The third-order valence-corrected chi connectivity index (χ3v) is 2.81. The summed E-state index contributed by atoms with van der Waals surface area (Å²) in [5.41, 5.74) is 6.66. The molecule has 7 heteroatoms. The van der Waals surface area contributed by atoms with Gasteiger partial charge in [-0.05, 0) is 25.3 Å². The molecule has 0 spiro atoms. The minimum atomic E-state index is 0. The minimum Gasteiger partial charge on any atom is -0.378 e. The molecule has 0 saturated heterocycles. The Balaban J connectivity index is 0.00000200. The van der Waals surface area contributed by atoms with Gasteiger partial charge in [-0.15, -0.1) is 24.0 Å². The summed E-state index contributed by atoms with van der Waals surface area (Å²) in [6.45, 7) is 1.82. The van der Waals surface area contributed by atoms with E-state index in [1.807, 2.05) is 43.5 Å². The van der Waals surface area contributed by atoms with E-state index in [0.717, 1.165) is 5.69 Å². The first-order valence-corrected chi connectivity index (χ1v) is 6.96. The number of nitrogens with zero attached hydrogens (tertiary/aromatic N) is 3. The third-order valence-electron chi connectivity index (χ3n) is 2.30. The number of nitrogens with two attached hydrogens (primary N) is 1. The highest BCUT2D eigenvalue weighted by Gasteiger charge is 2.02. The highest BCUT2D eigenvalue weighted by Crippen LogP contribution is 2.19. The molecule has 0 atom stereocenters. The number of anilines is 2. The van der Waals surface area contributed by atoms with Gasteiger partial charge in [0.05, 0.1) is 0 Å². The molecule has 0 aliphatic heterocycles. The maximum absolute atomic E-state index is 5.69. The molecule has 1 aromatic carbocycles. The van der Waals surface area contributed by atoms with E-state index < -0.39 is 0 Å². The van der Waals surface area contributed by atoms with Crippen molar-refractivity contribution in [1.82, 2.24) is 9.97 Å². The van der Waals surface area contributed by atoms with E-state index >= 15 is 0 Å². The largest absolute Gasteiger partial charge is 0.378 e. The first-order chi connectivity index (χ1) is 9.17. The second-order valence-corrected chi connectivity index (χ2v) is 4.63. The fourth-order valence-electron chi connectivity index (χ4n) is 1.50. The van der Waals surface area contributed by atoms with Crippen LogP contribution in [-0.2, 0) is 0 Å². The fraction of sp³-hybridized carbons (Fsp3) is 0.154. The van der Waals surface area contributed by atoms with Crippen LogP contribution in [0, 0.1) is 6.92 Å². The van der Waals surface area contributed by atoms with Crippen LogP contribution in [0.4, 0.5) is 17.3 Å². The Morgan fingerprint density at radius 2 is 1.95 bits per heavy atom. The maximum Gasteiger partial charge on any atom is 0.160 e. The Hall–Kier alpha value is -1.35. The highest BCUT2D eigenvalue weighted by molar-refractivity contribution is 14.0. The summed E-state index contributed by atoms with van der Waals surface area (Å²) in [5, 5.41) is 3.68. The predicted octanol–water partition coefficient (Wildman–Crippen LogP) is 3.46. The van der Waals surface area contributed by atoms with Crippen molar-refractivity contribution in [2.45, 2.75) is 6.92 Å².